The summed E-state index contributed by atoms with van der Waals surface area (Å²) < 4.78 is 42.5. The second kappa shape index (κ2) is 8.19. The number of carbonyl (C=O) groups is 1. The number of oxime groups is 1. The molecule has 164 valence electrons. The number of halogens is 6. The highest BCUT2D eigenvalue weighted by atomic mass is 35.5. The zero-order valence-corrected chi connectivity index (χ0v) is 18.2. The third-order valence-electron chi connectivity index (χ3n) is 5.31. The number of hydrogen-bond donors (Lipinski definition) is 1. The van der Waals surface area contributed by atoms with Gasteiger partial charge < -0.3 is 10.2 Å². The number of nitrogens with one attached hydrogen (secondary N) is 1. The maximum absolute atomic E-state index is 14.2. The summed E-state index contributed by atoms with van der Waals surface area (Å²) in [6.45, 7) is 0.171. The molecule has 4 nitrogen and oxygen atoms in total. The van der Waals surface area contributed by atoms with Crippen molar-refractivity contribution in [3.05, 3.63) is 68.2 Å². The third-order valence-corrected chi connectivity index (χ3v) is 6.19. The summed E-state index contributed by atoms with van der Waals surface area (Å²) in [5.74, 6) is -0.0246. The van der Waals surface area contributed by atoms with Crippen LogP contribution >= 0.6 is 34.8 Å². The van der Waals surface area contributed by atoms with Gasteiger partial charge in [-0.3, -0.25) is 4.79 Å². The summed E-state index contributed by atoms with van der Waals surface area (Å²) in [7, 11) is 0. The number of nitrogens with zero attached hydrogens (tertiary/aromatic N) is 1. The van der Waals surface area contributed by atoms with Crippen LogP contribution in [0.1, 0.15) is 36.0 Å². The first kappa shape index (κ1) is 22.2. The number of hydrogen-bond acceptors (Lipinski definition) is 3. The number of carbonyl (C=O) groups excluding carboxylic acids is 1. The van der Waals surface area contributed by atoms with Crippen LogP contribution in [-0.4, -0.2) is 17.8 Å². The Labute approximate surface area is 191 Å². The molecular formula is C21H16Cl3F3N2O2. The fourth-order valence-electron chi connectivity index (χ4n) is 3.45. The lowest BCUT2D eigenvalue weighted by Gasteiger charge is -2.29. The standard InChI is InChI=1S/C21H16Cl3F3N2O2/c22-14-6-13(7-15(23)8-14)20(21(25,26)27)9-17(29-31-20)16-3-1-2-12(18(16)24)10-28-19(30)11-4-5-11/h1-3,6-8,11H,4-5,9-10H2,(H,28,30). The van der Waals surface area contributed by atoms with Crippen LogP contribution in [0.2, 0.25) is 15.1 Å². The average Bonchev–Trinajstić information content (AvgIpc) is 3.43. The highest BCUT2D eigenvalue weighted by Gasteiger charge is 2.62. The van der Waals surface area contributed by atoms with Crippen molar-refractivity contribution < 1.29 is 22.8 Å². The number of benzene rings is 2. The summed E-state index contributed by atoms with van der Waals surface area (Å²) in [4.78, 5) is 16.9. The SMILES string of the molecule is O=C(NCc1cccc(C2=NOC(c3cc(Cl)cc(Cl)c3)(C(F)(F)F)C2)c1Cl)C1CC1. The highest BCUT2D eigenvalue weighted by Crippen LogP contribution is 2.50. The van der Waals surface area contributed by atoms with E-state index in [2.05, 4.69) is 10.5 Å². The average molecular weight is 492 g/mol. The molecule has 1 atom stereocenters. The molecule has 1 saturated carbocycles. The van der Waals surface area contributed by atoms with Crippen molar-refractivity contribution in [2.75, 3.05) is 0 Å². The molecule has 1 aliphatic carbocycles. The van der Waals surface area contributed by atoms with E-state index < -0.39 is 18.2 Å². The van der Waals surface area contributed by atoms with E-state index in [4.69, 9.17) is 39.6 Å². The zero-order chi connectivity index (χ0) is 22.4. The second-order valence-electron chi connectivity index (χ2n) is 7.56. The smallest absolute Gasteiger partial charge is 0.374 e. The minimum absolute atomic E-state index is 0.0338. The van der Waals surface area contributed by atoms with Crippen LogP contribution in [0.15, 0.2) is 41.6 Å². The predicted molar refractivity (Wildman–Crippen MR) is 112 cm³/mol. The Balaban J connectivity index is 1.63. The first-order valence-electron chi connectivity index (χ1n) is 9.44. The van der Waals surface area contributed by atoms with Crippen LogP contribution in [0.4, 0.5) is 13.2 Å². The molecule has 2 aromatic carbocycles. The van der Waals surface area contributed by atoms with E-state index in [0.717, 1.165) is 25.0 Å². The molecule has 1 heterocycles. The molecule has 1 fully saturated rings. The Morgan fingerprint density at radius 1 is 1.16 bits per heavy atom. The quantitative estimate of drug-likeness (QED) is 0.537. The molecule has 0 radical (unpaired) electrons. The molecule has 31 heavy (non-hydrogen) atoms. The van der Waals surface area contributed by atoms with Crippen molar-refractivity contribution >= 4 is 46.4 Å². The summed E-state index contributed by atoms with van der Waals surface area (Å²) in [6, 6.07) is 8.56. The van der Waals surface area contributed by atoms with E-state index in [-0.39, 0.29) is 44.7 Å². The normalized spacial score (nSPS) is 20.9. The molecular weight excluding hydrogens is 476 g/mol. The number of rotatable bonds is 5. The van der Waals surface area contributed by atoms with Crippen molar-refractivity contribution in [1.82, 2.24) is 5.32 Å². The minimum atomic E-state index is -4.80. The van der Waals surface area contributed by atoms with Gasteiger partial charge in [0.1, 0.15) is 0 Å². The van der Waals surface area contributed by atoms with Gasteiger partial charge in [0.2, 0.25) is 5.91 Å². The molecule has 0 saturated heterocycles. The maximum Gasteiger partial charge on any atom is 0.435 e. The monoisotopic (exact) mass is 490 g/mol. The zero-order valence-electron chi connectivity index (χ0n) is 15.9. The maximum atomic E-state index is 14.2. The summed E-state index contributed by atoms with van der Waals surface area (Å²) >= 11 is 18.3. The van der Waals surface area contributed by atoms with Gasteiger partial charge in [0.25, 0.3) is 5.60 Å². The third kappa shape index (κ3) is 4.36. The molecule has 0 spiro atoms. The molecule has 10 heteroatoms. The first-order chi connectivity index (χ1) is 14.6. The van der Waals surface area contributed by atoms with Gasteiger partial charge in [-0.2, -0.15) is 13.2 Å². The van der Waals surface area contributed by atoms with E-state index in [1.165, 1.54) is 6.07 Å². The first-order valence-corrected chi connectivity index (χ1v) is 10.6. The van der Waals surface area contributed by atoms with E-state index >= 15 is 0 Å². The largest absolute Gasteiger partial charge is 0.435 e. The van der Waals surface area contributed by atoms with E-state index in [9.17, 15) is 18.0 Å². The van der Waals surface area contributed by atoms with Crippen molar-refractivity contribution in [2.45, 2.75) is 37.6 Å². The van der Waals surface area contributed by atoms with Gasteiger partial charge in [-0.25, -0.2) is 0 Å². The molecule has 1 amide bonds. The Morgan fingerprint density at radius 2 is 1.84 bits per heavy atom. The van der Waals surface area contributed by atoms with E-state index in [0.29, 0.717) is 11.1 Å². The van der Waals surface area contributed by atoms with Crippen molar-refractivity contribution in [3.8, 4) is 0 Å². The van der Waals surface area contributed by atoms with Crippen LogP contribution < -0.4 is 5.32 Å². The molecule has 2 aromatic rings. The molecule has 0 aromatic heterocycles. The summed E-state index contributed by atoms with van der Waals surface area (Å²) in [5, 5.41) is 6.84. The molecule has 1 aliphatic heterocycles. The topological polar surface area (TPSA) is 50.7 Å². The van der Waals surface area contributed by atoms with Crippen LogP contribution in [0.5, 0.6) is 0 Å². The van der Waals surface area contributed by atoms with Crippen LogP contribution in [0.25, 0.3) is 0 Å². The lowest BCUT2D eigenvalue weighted by Crippen LogP contribution is -2.42. The van der Waals surface area contributed by atoms with Crippen molar-refractivity contribution in [3.63, 3.8) is 0 Å². The van der Waals surface area contributed by atoms with Crippen LogP contribution in [0, 0.1) is 5.92 Å². The molecule has 1 N–H and O–H groups in total. The Bertz CT molecular complexity index is 1050. The lowest BCUT2D eigenvalue weighted by molar-refractivity contribution is -0.275. The van der Waals surface area contributed by atoms with Gasteiger partial charge >= 0.3 is 6.18 Å². The summed E-state index contributed by atoms with van der Waals surface area (Å²) in [5.41, 5.74) is -2.07. The number of alkyl halides is 3. The predicted octanol–water partition coefficient (Wildman–Crippen LogP) is 6.26. The van der Waals surface area contributed by atoms with Crippen LogP contribution in [0.3, 0.4) is 0 Å². The fourth-order valence-corrected chi connectivity index (χ4v) is 4.27. The Morgan fingerprint density at radius 3 is 2.45 bits per heavy atom. The van der Waals surface area contributed by atoms with E-state index in [1.54, 1.807) is 18.2 Å². The lowest BCUT2D eigenvalue weighted by atomic mass is 9.86. The van der Waals surface area contributed by atoms with Crippen molar-refractivity contribution in [1.29, 1.82) is 0 Å². The molecule has 2 aliphatic rings. The van der Waals surface area contributed by atoms with Crippen LogP contribution in [-0.2, 0) is 21.8 Å². The Hall–Kier alpha value is -1.96. The fraction of sp³-hybridized carbons (Fsp3) is 0.333. The van der Waals surface area contributed by atoms with Crippen molar-refractivity contribution in [2.24, 2.45) is 11.1 Å². The van der Waals surface area contributed by atoms with Gasteiger partial charge in [-0.15, -0.1) is 0 Å². The second-order valence-corrected chi connectivity index (χ2v) is 8.81. The van der Waals surface area contributed by atoms with Gasteiger partial charge in [0, 0.05) is 33.6 Å². The highest BCUT2D eigenvalue weighted by molar-refractivity contribution is 6.35. The summed E-state index contributed by atoms with van der Waals surface area (Å²) in [6.07, 6.45) is -3.68. The minimum Gasteiger partial charge on any atom is -0.374 e. The Kier molecular flexibility index (Phi) is 5.87. The molecule has 0 bridgehead atoms. The van der Waals surface area contributed by atoms with E-state index in [1.807, 2.05) is 0 Å². The molecule has 4 rings (SSSR count). The number of amides is 1. The molecule has 1 unspecified atom stereocenters. The van der Waals surface area contributed by atoms with Gasteiger partial charge in [-0.1, -0.05) is 58.2 Å². The van der Waals surface area contributed by atoms with Gasteiger partial charge in [0.15, 0.2) is 0 Å². The van der Waals surface area contributed by atoms with Gasteiger partial charge in [-0.05, 0) is 36.6 Å². The van der Waals surface area contributed by atoms with Gasteiger partial charge in [0.05, 0.1) is 17.2 Å².